The first-order chi connectivity index (χ1) is 7.72. The summed E-state index contributed by atoms with van der Waals surface area (Å²) in [6.07, 6.45) is 2.43. The van der Waals surface area contributed by atoms with Gasteiger partial charge in [0, 0.05) is 7.05 Å². The maximum Gasteiger partial charge on any atom is 0.412 e. The third kappa shape index (κ3) is 1.79. The van der Waals surface area contributed by atoms with Crippen LogP contribution in [0.15, 0.2) is 12.7 Å². The van der Waals surface area contributed by atoms with Gasteiger partial charge in [-0.2, -0.15) is 0 Å². The van der Waals surface area contributed by atoms with Crippen molar-refractivity contribution in [2.45, 2.75) is 6.92 Å². The van der Waals surface area contributed by atoms with Crippen LogP contribution in [-0.2, 0) is 11.8 Å². The van der Waals surface area contributed by atoms with E-state index in [0.29, 0.717) is 23.6 Å². The Balaban J connectivity index is 2.34. The van der Waals surface area contributed by atoms with Crippen molar-refractivity contribution in [1.82, 2.24) is 19.5 Å². The van der Waals surface area contributed by atoms with Gasteiger partial charge in [0.25, 0.3) is 0 Å². The van der Waals surface area contributed by atoms with Gasteiger partial charge in [0.1, 0.15) is 6.33 Å². The van der Waals surface area contributed by atoms with Crippen LogP contribution in [0.1, 0.15) is 6.92 Å². The molecule has 0 aliphatic rings. The lowest BCUT2D eigenvalue weighted by molar-refractivity contribution is 0.168. The van der Waals surface area contributed by atoms with Crippen LogP contribution in [0.4, 0.5) is 10.6 Å². The minimum Gasteiger partial charge on any atom is -0.450 e. The molecule has 0 bridgehead atoms. The van der Waals surface area contributed by atoms with E-state index in [4.69, 9.17) is 4.74 Å². The molecule has 2 aromatic heterocycles. The van der Waals surface area contributed by atoms with E-state index in [-0.39, 0.29) is 0 Å². The van der Waals surface area contributed by atoms with E-state index < -0.39 is 6.09 Å². The number of ether oxygens (including phenoxy) is 1. The first kappa shape index (κ1) is 10.3. The fraction of sp³-hybridized carbons (Fsp3) is 0.333. The number of hydrogen-bond acceptors (Lipinski definition) is 5. The number of aromatic nitrogens is 4. The molecule has 0 fully saturated rings. The van der Waals surface area contributed by atoms with Gasteiger partial charge >= 0.3 is 6.09 Å². The number of hydrogen-bond donors (Lipinski definition) is 1. The van der Waals surface area contributed by atoms with Crippen LogP contribution >= 0.6 is 0 Å². The van der Waals surface area contributed by atoms with Crippen molar-refractivity contribution in [3.63, 3.8) is 0 Å². The summed E-state index contributed by atoms with van der Waals surface area (Å²) in [6, 6.07) is 0. The SMILES string of the molecule is CCOC(=O)Nc1ncnc2c1ncn2C. The van der Waals surface area contributed by atoms with Gasteiger partial charge in [0.15, 0.2) is 17.0 Å². The highest BCUT2D eigenvalue weighted by molar-refractivity contribution is 5.93. The highest BCUT2D eigenvalue weighted by Gasteiger charge is 2.11. The molecule has 0 saturated heterocycles. The van der Waals surface area contributed by atoms with Crippen LogP contribution in [0.5, 0.6) is 0 Å². The molecule has 0 spiro atoms. The molecule has 0 unspecified atom stereocenters. The Hall–Kier alpha value is -2.18. The molecule has 84 valence electrons. The molecular weight excluding hydrogens is 210 g/mol. The molecule has 0 atom stereocenters. The molecule has 7 heteroatoms. The van der Waals surface area contributed by atoms with Gasteiger partial charge in [0.05, 0.1) is 12.9 Å². The van der Waals surface area contributed by atoms with Crippen LogP contribution in [-0.4, -0.2) is 32.2 Å². The van der Waals surface area contributed by atoms with Crippen molar-refractivity contribution >= 4 is 23.1 Å². The number of amides is 1. The predicted molar refractivity (Wildman–Crippen MR) is 56.9 cm³/mol. The van der Waals surface area contributed by atoms with Crippen molar-refractivity contribution < 1.29 is 9.53 Å². The number of carbonyl (C=O) groups excluding carboxylic acids is 1. The van der Waals surface area contributed by atoms with E-state index in [1.54, 1.807) is 17.8 Å². The number of carbonyl (C=O) groups is 1. The lowest BCUT2D eigenvalue weighted by Crippen LogP contribution is -2.14. The van der Waals surface area contributed by atoms with Crippen LogP contribution in [0.2, 0.25) is 0 Å². The minimum absolute atomic E-state index is 0.308. The number of fused-ring (bicyclic) bond motifs is 1. The fourth-order valence-electron chi connectivity index (χ4n) is 1.30. The fourth-order valence-corrected chi connectivity index (χ4v) is 1.30. The average Bonchev–Trinajstić information content (AvgIpc) is 2.62. The monoisotopic (exact) mass is 221 g/mol. The zero-order chi connectivity index (χ0) is 11.5. The van der Waals surface area contributed by atoms with E-state index in [9.17, 15) is 4.79 Å². The molecule has 0 aliphatic carbocycles. The third-order valence-electron chi connectivity index (χ3n) is 1.99. The van der Waals surface area contributed by atoms with Gasteiger partial charge < -0.3 is 9.30 Å². The molecular formula is C9H11N5O2. The molecule has 1 N–H and O–H groups in total. The maximum absolute atomic E-state index is 11.2. The predicted octanol–water partition coefficient (Wildman–Crippen LogP) is 0.932. The molecule has 0 aliphatic heterocycles. The Bertz CT molecular complexity index is 522. The van der Waals surface area contributed by atoms with Crippen molar-refractivity contribution in [1.29, 1.82) is 0 Å². The highest BCUT2D eigenvalue weighted by Crippen LogP contribution is 2.16. The van der Waals surface area contributed by atoms with Gasteiger partial charge in [-0.1, -0.05) is 0 Å². The first-order valence-electron chi connectivity index (χ1n) is 4.78. The number of rotatable bonds is 2. The summed E-state index contributed by atoms with van der Waals surface area (Å²) in [5.74, 6) is 0.351. The lowest BCUT2D eigenvalue weighted by Gasteiger charge is -2.04. The second kappa shape index (κ2) is 4.13. The van der Waals surface area contributed by atoms with Gasteiger partial charge in [-0.25, -0.2) is 19.7 Å². The molecule has 0 saturated carbocycles. The lowest BCUT2D eigenvalue weighted by atomic mass is 10.5. The van der Waals surface area contributed by atoms with Crippen molar-refractivity contribution in [3.05, 3.63) is 12.7 Å². The quantitative estimate of drug-likeness (QED) is 0.815. The van der Waals surface area contributed by atoms with E-state index in [1.807, 2.05) is 7.05 Å². The van der Waals surface area contributed by atoms with Crippen LogP contribution < -0.4 is 5.32 Å². The molecule has 2 aromatic rings. The number of nitrogens with one attached hydrogen (secondary N) is 1. The topological polar surface area (TPSA) is 81.9 Å². The maximum atomic E-state index is 11.2. The molecule has 2 heterocycles. The van der Waals surface area contributed by atoms with E-state index >= 15 is 0 Å². The normalized spacial score (nSPS) is 10.4. The molecule has 0 radical (unpaired) electrons. The van der Waals surface area contributed by atoms with Crippen molar-refractivity contribution in [2.75, 3.05) is 11.9 Å². The second-order valence-corrected chi connectivity index (χ2v) is 3.10. The number of aryl methyl sites for hydroxylation is 1. The largest absolute Gasteiger partial charge is 0.450 e. The standard InChI is InChI=1S/C9H11N5O2/c1-3-16-9(15)13-7-6-8(11-4-10-7)14(2)5-12-6/h4-5H,3H2,1-2H3,(H,10,11,13,15). The van der Waals surface area contributed by atoms with Crippen molar-refractivity contribution in [3.8, 4) is 0 Å². The van der Waals surface area contributed by atoms with E-state index in [1.165, 1.54) is 6.33 Å². The summed E-state index contributed by atoms with van der Waals surface area (Å²) in [4.78, 5) is 23.3. The Morgan fingerprint density at radius 2 is 2.31 bits per heavy atom. The smallest absolute Gasteiger partial charge is 0.412 e. The van der Waals surface area contributed by atoms with Crippen LogP contribution in [0.25, 0.3) is 11.2 Å². The Labute approximate surface area is 91.5 Å². The summed E-state index contributed by atoms with van der Waals surface area (Å²) in [5, 5.41) is 2.51. The summed E-state index contributed by atoms with van der Waals surface area (Å²) >= 11 is 0. The number of imidazole rings is 1. The van der Waals surface area contributed by atoms with E-state index in [0.717, 1.165) is 0 Å². The molecule has 16 heavy (non-hydrogen) atoms. The molecule has 7 nitrogen and oxygen atoms in total. The minimum atomic E-state index is -0.548. The van der Waals surface area contributed by atoms with Crippen LogP contribution in [0, 0.1) is 0 Å². The number of nitrogens with zero attached hydrogens (tertiary/aromatic N) is 4. The third-order valence-corrected chi connectivity index (χ3v) is 1.99. The Kier molecular flexibility index (Phi) is 2.67. The summed E-state index contributed by atoms with van der Waals surface area (Å²) < 4.78 is 6.50. The average molecular weight is 221 g/mol. The molecule has 0 aromatic carbocycles. The summed E-state index contributed by atoms with van der Waals surface area (Å²) in [6.45, 7) is 2.04. The van der Waals surface area contributed by atoms with Gasteiger partial charge in [-0.3, -0.25) is 5.32 Å². The molecule has 2 rings (SSSR count). The van der Waals surface area contributed by atoms with Gasteiger partial charge in [-0.05, 0) is 6.92 Å². The van der Waals surface area contributed by atoms with Crippen molar-refractivity contribution in [2.24, 2.45) is 7.05 Å². The zero-order valence-corrected chi connectivity index (χ0v) is 8.97. The highest BCUT2D eigenvalue weighted by atomic mass is 16.5. The Morgan fingerprint density at radius 1 is 1.50 bits per heavy atom. The van der Waals surface area contributed by atoms with Gasteiger partial charge in [-0.15, -0.1) is 0 Å². The van der Waals surface area contributed by atoms with E-state index in [2.05, 4.69) is 20.3 Å². The first-order valence-corrected chi connectivity index (χ1v) is 4.78. The summed E-state index contributed by atoms with van der Waals surface area (Å²) in [5.41, 5.74) is 1.19. The van der Waals surface area contributed by atoms with Crippen LogP contribution in [0.3, 0.4) is 0 Å². The number of anilines is 1. The zero-order valence-electron chi connectivity index (χ0n) is 8.97. The Morgan fingerprint density at radius 3 is 3.06 bits per heavy atom. The molecule has 1 amide bonds. The second-order valence-electron chi connectivity index (χ2n) is 3.10. The summed E-state index contributed by atoms with van der Waals surface area (Å²) in [7, 11) is 1.82. The van der Waals surface area contributed by atoms with Gasteiger partial charge in [0.2, 0.25) is 0 Å².